The van der Waals surface area contributed by atoms with E-state index in [1.54, 1.807) is 42.9 Å². The number of ether oxygens (including phenoxy) is 2. The number of esters is 1. The van der Waals surface area contributed by atoms with E-state index in [-0.39, 0.29) is 18.0 Å². The van der Waals surface area contributed by atoms with E-state index in [1.165, 1.54) is 16.4 Å². The van der Waals surface area contributed by atoms with Crippen LogP contribution in [0.2, 0.25) is 0 Å². The molecule has 10 heteroatoms. The minimum Gasteiger partial charge on any atom is -0.451 e. The first kappa shape index (κ1) is 21.0. The number of morpholine rings is 1. The van der Waals surface area contributed by atoms with E-state index in [1.807, 2.05) is 0 Å². The average Bonchev–Trinajstić information content (AvgIpc) is 3.14. The van der Waals surface area contributed by atoms with Crippen LogP contribution in [0.5, 0.6) is 0 Å². The third-order valence-corrected chi connectivity index (χ3v) is 6.47. The quantitative estimate of drug-likeness (QED) is 0.702. The van der Waals surface area contributed by atoms with Crippen LogP contribution in [0.4, 0.5) is 5.69 Å². The van der Waals surface area contributed by atoms with Crippen molar-refractivity contribution < 1.29 is 27.5 Å². The number of aryl methyl sites for hydroxylation is 2. The zero-order valence-corrected chi connectivity index (χ0v) is 17.1. The molecule has 1 aromatic carbocycles. The van der Waals surface area contributed by atoms with Crippen molar-refractivity contribution in [3.05, 3.63) is 47.8 Å². The average molecular weight is 421 g/mol. The van der Waals surface area contributed by atoms with E-state index in [0.29, 0.717) is 30.2 Å². The summed E-state index contributed by atoms with van der Waals surface area (Å²) in [6.45, 7) is 2.53. The molecule has 0 saturated carbocycles. The normalized spacial score (nSPS) is 15.1. The fourth-order valence-electron chi connectivity index (χ4n) is 2.90. The molecule has 0 radical (unpaired) electrons. The van der Waals surface area contributed by atoms with Crippen LogP contribution in [0.3, 0.4) is 0 Å². The topological polar surface area (TPSA) is 107 Å². The zero-order chi connectivity index (χ0) is 21.0. The molecule has 1 aliphatic rings. The van der Waals surface area contributed by atoms with Gasteiger partial charge in [-0.2, -0.15) is 4.31 Å². The molecule has 0 aliphatic carbocycles. The van der Waals surface area contributed by atoms with Crippen molar-refractivity contribution >= 4 is 27.6 Å². The van der Waals surface area contributed by atoms with Gasteiger partial charge in [0.25, 0.3) is 5.91 Å². The lowest BCUT2D eigenvalue weighted by Crippen LogP contribution is -2.40. The van der Waals surface area contributed by atoms with Gasteiger partial charge in [-0.1, -0.05) is 6.07 Å². The number of nitrogens with zero attached hydrogens (tertiary/aromatic N) is 2. The Kier molecular flexibility index (Phi) is 6.36. The molecule has 1 fully saturated rings. The summed E-state index contributed by atoms with van der Waals surface area (Å²) >= 11 is 0. The van der Waals surface area contributed by atoms with E-state index in [9.17, 15) is 18.0 Å². The Bertz CT molecular complexity index is 1010. The summed E-state index contributed by atoms with van der Waals surface area (Å²) in [5.41, 5.74) is 1.36. The van der Waals surface area contributed by atoms with Gasteiger partial charge in [0.1, 0.15) is 5.69 Å². The van der Waals surface area contributed by atoms with Crippen LogP contribution in [0.25, 0.3) is 0 Å². The van der Waals surface area contributed by atoms with E-state index in [4.69, 9.17) is 9.47 Å². The lowest BCUT2D eigenvalue weighted by Gasteiger charge is -2.26. The van der Waals surface area contributed by atoms with Gasteiger partial charge in [0.2, 0.25) is 10.0 Å². The molecule has 0 unspecified atom stereocenters. The monoisotopic (exact) mass is 421 g/mol. The summed E-state index contributed by atoms with van der Waals surface area (Å²) in [7, 11) is -1.99. The first-order chi connectivity index (χ1) is 13.8. The van der Waals surface area contributed by atoms with Gasteiger partial charge in [0.05, 0.1) is 18.1 Å². The summed E-state index contributed by atoms with van der Waals surface area (Å²) in [5.74, 6) is -1.18. The molecule has 0 atom stereocenters. The number of carbonyl (C=O) groups excluding carboxylic acids is 2. The van der Waals surface area contributed by atoms with Crippen LogP contribution >= 0.6 is 0 Å². The number of aromatic nitrogens is 1. The second kappa shape index (κ2) is 8.76. The second-order valence-corrected chi connectivity index (χ2v) is 8.56. The number of amides is 1. The maximum absolute atomic E-state index is 12.8. The first-order valence-corrected chi connectivity index (χ1v) is 10.5. The minimum atomic E-state index is -3.68. The lowest BCUT2D eigenvalue weighted by atomic mass is 10.2. The van der Waals surface area contributed by atoms with Crippen LogP contribution in [0.1, 0.15) is 16.1 Å². The highest BCUT2D eigenvalue weighted by Gasteiger charge is 2.27. The standard InChI is InChI=1S/C19H23N3O6S/c1-14-5-6-15(29(25,26)22-8-10-27-11-9-22)12-16(14)20-18(23)13-28-19(24)17-4-3-7-21(17)2/h3-7,12H,8-11,13H2,1-2H3,(H,20,23). The van der Waals surface area contributed by atoms with Crippen LogP contribution < -0.4 is 5.32 Å². The van der Waals surface area contributed by atoms with E-state index in [0.717, 1.165) is 0 Å². The van der Waals surface area contributed by atoms with E-state index in [2.05, 4.69) is 5.32 Å². The summed E-state index contributed by atoms with van der Waals surface area (Å²) in [5, 5.41) is 2.61. The predicted molar refractivity (Wildman–Crippen MR) is 105 cm³/mol. The molecule has 156 valence electrons. The largest absolute Gasteiger partial charge is 0.451 e. The number of hydrogen-bond donors (Lipinski definition) is 1. The maximum atomic E-state index is 12.8. The van der Waals surface area contributed by atoms with Crippen LogP contribution in [-0.4, -0.2) is 62.1 Å². The number of rotatable bonds is 6. The fraction of sp³-hybridized carbons (Fsp3) is 0.368. The van der Waals surface area contributed by atoms with Gasteiger partial charge in [-0.05, 0) is 36.8 Å². The summed E-state index contributed by atoms with van der Waals surface area (Å²) in [6, 6.07) is 7.83. The Morgan fingerprint density at radius 3 is 2.59 bits per heavy atom. The van der Waals surface area contributed by atoms with Crippen molar-refractivity contribution in [1.29, 1.82) is 0 Å². The van der Waals surface area contributed by atoms with Gasteiger partial charge in [-0.3, -0.25) is 4.79 Å². The fourth-order valence-corrected chi connectivity index (χ4v) is 4.33. The number of nitrogens with one attached hydrogen (secondary N) is 1. The van der Waals surface area contributed by atoms with Crippen molar-refractivity contribution in [1.82, 2.24) is 8.87 Å². The highest BCUT2D eigenvalue weighted by molar-refractivity contribution is 7.89. The Hall–Kier alpha value is -2.69. The van der Waals surface area contributed by atoms with Gasteiger partial charge >= 0.3 is 5.97 Å². The molecule has 1 aromatic heterocycles. The highest BCUT2D eigenvalue weighted by atomic mass is 32.2. The Morgan fingerprint density at radius 1 is 1.21 bits per heavy atom. The van der Waals surface area contributed by atoms with Crippen molar-refractivity contribution in [2.75, 3.05) is 38.2 Å². The molecule has 1 saturated heterocycles. The number of benzene rings is 1. The smallest absolute Gasteiger partial charge is 0.355 e. The van der Waals surface area contributed by atoms with Gasteiger partial charge < -0.3 is 19.4 Å². The Labute approximate surface area is 169 Å². The molecule has 2 aromatic rings. The maximum Gasteiger partial charge on any atom is 0.355 e. The molecule has 1 N–H and O–H groups in total. The number of anilines is 1. The van der Waals surface area contributed by atoms with Crippen molar-refractivity contribution in [3.63, 3.8) is 0 Å². The van der Waals surface area contributed by atoms with Crippen LogP contribution in [0.15, 0.2) is 41.4 Å². The van der Waals surface area contributed by atoms with Gasteiger partial charge in [-0.25, -0.2) is 13.2 Å². The first-order valence-electron chi connectivity index (χ1n) is 9.06. The summed E-state index contributed by atoms with van der Waals surface area (Å²) in [4.78, 5) is 24.3. The van der Waals surface area contributed by atoms with Crippen molar-refractivity contribution in [3.8, 4) is 0 Å². The Morgan fingerprint density at radius 2 is 1.93 bits per heavy atom. The van der Waals surface area contributed by atoms with Crippen molar-refractivity contribution in [2.45, 2.75) is 11.8 Å². The van der Waals surface area contributed by atoms with Gasteiger partial charge in [0.15, 0.2) is 6.61 Å². The van der Waals surface area contributed by atoms with Crippen LogP contribution in [-0.2, 0) is 31.3 Å². The minimum absolute atomic E-state index is 0.0844. The molecular formula is C19H23N3O6S. The molecule has 0 bridgehead atoms. The summed E-state index contributed by atoms with van der Waals surface area (Å²) < 4.78 is 38.8. The molecule has 2 heterocycles. The number of carbonyl (C=O) groups is 2. The Balaban J connectivity index is 1.67. The van der Waals surface area contributed by atoms with E-state index < -0.39 is 28.5 Å². The molecular weight excluding hydrogens is 398 g/mol. The highest BCUT2D eigenvalue weighted by Crippen LogP contribution is 2.23. The lowest BCUT2D eigenvalue weighted by molar-refractivity contribution is -0.119. The molecule has 29 heavy (non-hydrogen) atoms. The number of sulfonamides is 1. The van der Waals surface area contributed by atoms with Gasteiger partial charge in [-0.15, -0.1) is 0 Å². The zero-order valence-electron chi connectivity index (χ0n) is 16.3. The molecule has 1 amide bonds. The molecule has 1 aliphatic heterocycles. The predicted octanol–water partition coefficient (Wildman–Crippen LogP) is 1.15. The van der Waals surface area contributed by atoms with Crippen LogP contribution in [0, 0.1) is 6.92 Å². The molecule has 3 rings (SSSR count). The molecule has 0 spiro atoms. The SMILES string of the molecule is Cc1ccc(S(=O)(=O)N2CCOCC2)cc1NC(=O)COC(=O)c1cccn1C. The number of hydrogen-bond acceptors (Lipinski definition) is 6. The summed E-state index contributed by atoms with van der Waals surface area (Å²) in [6.07, 6.45) is 1.69. The van der Waals surface area contributed by atoms with Crippen molar-refractivity contribution in [2.24, 2.45) is 7.05 Å². The third kappa shape index (κ3) is 4.84. The van der Waals surface area contributed by atoms with E-state index >= 15 is 0 Å². The third-order valence-electron chi connectivity index (χ3n) is 4.58. The molecule has 9 nitrogen and oxygen atoms in total. The van der Waals surface area contributed by atoms with Gasteiger partial charge in [0, 0.05) is 32.0 Å². The second-order valence-electron chi connectivity index (χ2n) is 6.62.